The van der Waals surface area contributed by atoms with Crippen molar-refractivity contribution < 1.29 is 23.5 Å². The lowest BCUT2D eigenvalue weighted by Gasteiger charge is -2.24. The minimum Gasteiger partial charge on any atom is -0.497 e. The van der Waals surface area contributed by atoms with Gasteiger partial charge in [-0.2, -0.15) is 0 Å². The fourth-order valence-corrected chi connectivity index (χ4v) is 3.72. The highest BCUT2D eigenvalue weighted by atomic mass is 19.1. The van der Waals surface area contributed by atoms with Crippen molar-refractivity contribution in [3.8, 4) is 5.75 Å². The van der Waals surface area contributed by atoms with Crippen molar-refractivity contribution in [2.24, 2.45) is 5.92 Å². The minimum absolute atomic E-state index is 0.0366. The van der Waals surface area contributed by atoms with E-state index >= 15 is 0 Å². The molecule has 1 saturated heterocycles. The van der Waals surface area contributed by atoms with E-state index in [1.807, 2.05) is 13.8 Å². The van der Waals surface area contributed by atoms with Gasteiger partial charge in [-0.1, -0.05) is 13.8 Å². The third kappa shape index (κ3) is 5.29. The van der Waals surface area contributed by atoms with E-state index in [-0.39, 0.29) is 35.3 Å². The van der Waals surface area contributed by atoms with E-state index in [0.29, 0.717) is 30.7 Å². The highest BCUT2D eigenvalue weighted by Gasteiger charge is 2.35. The van der Waals surface area contributed by atoms with Gasteiger partial charge in [-0.15, -0.1) is 0 Å². The molecule has 7 heteroatoms. The largest absolute Gasteiger partial charge is 0.497 e. The van der Waals surface area contributed by atoms with Crippen molar-refractivity contribution in [3.63, 3.8) is 0 Å². The molecule has 2 aromatic rings. The molecular weight excluding hydrogens is 399 g/mol. The second kappa shape index (κ2) is 9.73. The maximum absolute atomic E-state index is 14.5. The van der Waals surface area contributed by atoms with Gasteiger partial charge in [-0.25, -0.2) is 4.39 Å². The Hall–Kier alpha value is -3.22. The van der Waals surface area contributed by atoms with Crippen LogP contribution in [0.2, 0.25) is 0 Å². The SMILES string of the molecule is COc1ccc(C(=O)C2CCCN2C(=O)c2ccc(NC(=O)CC(C)C)c(F)c2)cc1. The first-order valence-electron chi connectivity index (χ1n) is 10.4. The summed E-state index contributed by atoms with van der Waals surface area (Å²) >= 11 is 0. The van der Waals surface area contributed by atoms with Crippen LogP contribution in [0.3, 0.4) is 0 Å². The number of hydrogen-bond acceptors (Lipinski definition) is 4. The number of carbonyl (C=O) groups excluding carboxylic acids is 3. The number of methoxy groups -OCH3 is 1. The molecule has 0 radical (unpaired) electrons. The van der Waals surface area contributed by atoms with Crippen LogP contribution < -0.4 is 10.1 Å². The lowest BCUT2D eigenvalue weighted by Crippen LogP contribution is -2.40. The molecule has 31 heavy (non-hydrogen) atoms. The van der Waals surface area contributed by atoms with Gasteiger partial charge < -0.3 is 15.0 Å². The number of carbonyl (C=O) groups is 3. The molecule has 1 fully saturated rings. The molecule has 164 valence electrons. The van der Waals surface area contributed by atoms with E-state index in [2.05, 4.69) is 5.32 Å². The highest BCUT2D eigenvalue weighted by Crippen LogP contribution is 2.26. The molecule has 3 rings (SSSR count). The summed E-state index contributed by atoms with van der Waals surface area (Å²) in [6.07, 6.45) is 1.54. The summed E-state index contributed by atoms with van der Waals surface area (Å²) in [7, 11) is 1.55. The van der Waals surface area contributed by atoms with Crippen molar-refractivity contribution in [1.82, 2.24) is 4.90 Å². The third-order valence-corrected chi connectivity index (χ3v) is 5.27. The van der Waals surface area contributed by atoms with Crippen molar-refractivity contribution in [2.45, 2.75) is 39.2 Å². The molecule has 0 spiro atoms. The molecule has 1 unspecified atom stereocenters. The van der Waals surface area contributed by atoms with Gasteiger partial charge in [-0.3, -0.25) is 14.4 Å². The second-order valence-corrected chi connectivity index (χ2v) is 8.09. The highest BCUT2D eigenvalue weighted by molar-refractivity contribution is 6.05. The van der Waals surface area contributed by atoms with E-state index in [1.165, 1.54) is 17.0 Å². The zero-order valence-electron chi connectivity index (χ0n) is 18.0. The van der Waals surface area contributed by atoms with Crippen LogP contribution >= 0.6 is 0 Å². The summed E-state index contributed by atoms with van der Waals surface area (Å²) in [6, 6.07) is 10.1. The van der Waals surface area contributed by atoms with Crippen LogP contribution in [-0.2, 0) is 4.79 Å². The molecular formula is C24H27FN2O4. The molecule has 0 aromatic heterocycles. The van der Waals surface area contributed by atoms with Gasteiger partial charge in [0.05, 0.1) is 18.8 Å². The Bertz CT molecular complexity index is 972. The van der Waals surface area contributed by atoms with Crippen LogP contribution in [0.1, 0.15) is 53.8 Å². The number of halogens is 1. The molecule has 1 aliphatic heterocycles. The predicted octanol–water partition coefficient (Wildman–Crippen LogP) is 4.31. The van der Waals surface area contributed by atoms with Crippen molar-refractivity contribution in [3.05, 3.63) is 59.4 Å². The molecule has 1 N–H and O–H groups in total. The Labute approximate surface area is 181 Å². The first-order valence-corrected chi connectivity index (χ1v) is 10.4. The Kier molecular flexibility index (Phi) is 7.05. The first kappa shape index (κ1) is 22.5. The number of hydrogen-bond donors (Lipinski definition) is 1. The number of anilines is 1. The Morgan fingerprint density at radius 2 is 1.81 bits per heavy atom. The zero-order valence-corrected chi connectivity index (χ0v) is 18.0. The van der Waals surface area contributed by atoms with E-state index in [9.17, 15) is 18.8 Å². The summed E-state index contributed by atoms with van der Waals surface area (Å²) < 4.78 is 19.6. The van der Waals surface area contributed by atoms with Gasteiger partial charge in [0.15, 0.2) is 5.78 Å². The number of ether oxygens (including phenoxy) is 1. The number of ketones is 1. The van der Waals surface area contributed by atoms with Gasteiger partial charge in [0.1, 0.15) is 11.6 Å². The van der Waals surface area contributed by atoms with E-state index in [0.717, 1.165) is 6.07 Å². The van der Waals surface area contributed by atoms with Crippen molar-refractivity contribution >= 4 is 23.3 Å². The Morgan fingerprint density at radius 3 is 2.42 bits per heavy atom. The number of likely N-dealkylation sites (tertiary alicyclic amines) is 1. The third-order valence-electron chi connectivity index (χ3n) is 5.27. The molecule has 1 atom stereocenters. The van der Waals surface area contributed by atoms with Gasteiger partial charge in [0, 0.05) is 24.1 Å². The number of Topliss-reactive ketones (excluding diaryl/α,β-unsaturated/α-hetero) is 1. The van der Waals surface area contributed by atoms with E-state index < -0.39 is 17.8 Å². The summed E-state index contributed by atoms with van der Waals surface area (Å²) in [6.45, 7) is 4.23. The van der Waals surface area contributed by atoms with E-state index in [1.54, 1.807) is 31.4 Å². The molecule has 0 bridgehead atoms. The summed E-state index contributed by atoms with van der Waals surface area (Å²) in [4.78, 5) is 39.4. The quantitative estimate of drug-likeness (QED) is 0.670. The standard InChI is InChI=1S/C24H27FN2O4/c1-15(2)13-22(28)26-20-11-8-17(14-19(20)25)24(30)27-12-4-5-21(27)23(29)16-6-9-18(31-3)10-7-16/h6-11,14-15,21H,4-5,12-13H2,1-3H3,(H,26,28). The Morgan fingerprint density at radius 1 is 1.13 bits per heavy atom. The molecule has 1 heterocycles. The maximum Gasteiger partial charge on any atom is 0.254 e. The monoisotopic (exact) mass is 426 g/mol. The topological polar surface area (TPSA) is 75.7 Å². The van der Waals surface area contributed by atoms with Gasteiger partial charge in [0.25, 0.3) is 5.91 Å². The Balaban J connectivity index is 1.74. The molecule has 6 nitrogen and oxygen atoms in total. The number of nitrogens with one attached hydrogen (secondary N) is 1. The molecule has 0 aliphatic carbocycles. The van der Waals surface area contributed by atoms with Crippen molar-refractivity contribution in [2.75, 3.05) is 19.0 Å². The number of rotatable bonds is 7. The van der Waals surface area contributed by atoms with Gasteiger partial charge >= 0.3 is 0 Å². The molecule has 0 saturated carbocycles. The second-order valence-electron chi connectivity index (χ2n) is 8.09. The van der Waals surface area contributed by atoms with Crippen LogP contribution in [0.4, 0.5) is 10.1 Å². The predicted molar refractivity (Wildman–Crippen MR) is 116 cm³/mol. The summed E-state index contributed by atoms with van der Waals surface area (Å²) in [5, 5.41) is 2.53. The zero-order chi connectivity index (χ0) is 22.5. The fourth-order valence-electron chi connectivity index (χ4n) is 3.72. The van der Waals surface area contributed by atoms with Gasteiger partial charge in [-0.05, 0) is 61.2 Å². The maximum atomic E-state index is 14.5. The van der Waals surface area contributed by atoms with Gasteiger partial charge in [0.2, 0.25) is 5.91 Å². The number of amides is 2. The lowest BCUT2D eigenvalue weighted by atomic mass is 10.0. The number of nitrogens with zero attached hydrogens (tertiary/aromatic N) is 1. The van der Waals surface area contributed by atoms with Crippen molar-refractivity contribution in [1.29, 1.82) is 0 Å². The summed E-state index contributed by atoms with van der Waals surface area (Å²) in [5.74, 6) is -0.709. The van der Waals surface area contributed by atoms with Crippen LogP contribution in [0.25, 0.3) is 0 Å². The van der Waals surface area contributed by atoms with Crippen LogP contribution in [-0.4, -0.2) is 42.2 Å². The van der Waals surface area contributed by atoms with Crippen LogP contribution in [0, 0.1) is 11.7 Å². The average Bonchev–Trinajstić information content (AvgIpc) is 3.23. The smallest absolute Gasteiger partial charge is 0.254 e. The average molecular weight is 426 g/mol. The van der Waals surface area contributed by atoms with Crippen LogP contribution in [0.5, 0.6) is 5.75 Å². The van der Waals surface area contributed by atoms with Crippen LogP contribution in [0.15, 0.2) is 42.5 Å². The molecule has 2 aromatic carbocycles. The molecule has 1 aliphatic rings. The fraction of sp³-hybridized carbons (Fsp3) is 0.375. The first-order chi connectivity index (χ1) is 14.8. The summed E-state index contributed by atoms with van der Waals surface area (Å²) in [5.41, 5.74) is 0.683. The normalized spacial score (nSPS) is 15.8. The van der Waals surface area contributed by atoms with E-state index in [4.69, 9.17) is 4.74 Å². The lowest BCUT2D eigenvalue weighted by molar-refractivity contribution is -0.116. The number of benzene rings is 2. The molecule has 2 amide bonds. The minimum atomic E-state index is -0.680.